The molecule has 0 spiro atoms. The lowest BCUT2D eigenvalue weighted by Gasteiger charge is -2.32. The van der Waals surface area contributed by atoms with E-state index < -0.39 is 10.0 Å². The fraction of sp³-hybridized carbons (Fsp3) is 0.571. The number of hydrogen-bond donors (Lipinski definition) is 1. The Bertz CT molecular complexity index is 573. The van der Waals surface area contributed by atoms with Crippen molar-refractivity contribution in [1.29, 1.82) is 0 Å². The number of hydrogen-bond acceptors (Lipinski definition) is 3. The van der Waals surface area contributed by atoms with Crippen molar-refractivity contribution < 1.29 is 8.42 Å². The summed E-state index contributed by atoms with van der Waals surface area (Å²) in [6.07, 6.45) is 2.01. The first-order valence-electron chi connectivity index (χ1n) is 6.86. The highest BCUT2D eigenvalue weighted by Crippen LogP contribution is 2.29. The summed E-state index contributed by atoms with van der Waals surface area (Å²) >= 11 is 3.38. The number of sulfonamides is 1. The average Bonchev–Trinajstić information content (AvgIpc) is 2.39. The molecule has 4 nitrogen and oxygen atoms in total. The van der Waals surface area contributed by atoms with Crippen molar-refractivity contribution in [3.8, 4) is 0 Å². The number of halogens is 1. The Morgan fingerprint density at radius 2 is 2.20 bits per heavy atom. The van der Waals surface area contributed by atoms with Crippen molar-refractivity contribution in [2.75, 3.05) is 26.7 Å². The van der Waals surface area contributed by atoms with E-state index >= 15 is 0 Å². The number of nitrogens with one attached hydrogen (secondary N) is 1. The molecule has 0 saturated carbocycles. The summed E-state index contributed by atoms with van der Waals surface area (Å²) in [5, 5.41) is 3.14. The Morgan fingerprint density at radius 1 is 1.45 bits per heavy atom. The second-order valence-corrected chi connectivity index (χ2v) is 8.12. The SMILES string of the molecule is CNCC1CCCN(S(=O)(=O)c2ccc(C)cc2Br)C1. The Hall–Kier alpha value is -0.430. The number of piperidine rings is 1. The van der Waals surface area contributed by atoms with Crippen LogP contribution in [0.2, 0.25) is 0 Å². The maximum absolute atomic E-state index is 12.7. The van der Waals surface area contributed by atoms with Gasteiger partial charge in [0, 0.05) is 17.6 Å². The summed E-state index contributed by atoms with van der Waals surface area (Å²) in [6, 6.07) is 5.38. The van der Waals surface area contributed by atoms with Gasteiger partial charge in [-0.3, -0.25) is 0 Å². The molecule has 0 aromatic heterocycles. The zero-order chi connectivity index (χ0) is 14.8. The Morgan fingerprint density at radius 3 is 2.85 bits per heavy atom. The van der Waals surface area contributed by atoms with Crippen molar-refractivity contribution in [2.24, 2.45) is 5.92 Å². The molecule has 0 radical (unpaired) electrons. The molecule has 1 atom stereocenters. The summed E-state index contributed by atoms with van der Waals surface area (Å²) in [7, 11) is -1.50. The van der Waals surface area contributed by atoms with E-state index in [1.54, 1.807) is 10.4 Å². The van der Waals surface area contributed by atoms with Gasteiger partial charge in [-0.05, 0) is 72.9 Å². The van der Waals surface area contributed by atoms with Gasteiger partial charge in [-0.25, -0.2) is 8.42 Å². The Balaban J connectivity index is 2.25. The average molecular weight is 361 g/mol. The largest absolute Gasteiger partial charge is 0.319 e. The number of aryl methyl sites for hydroxylation is 1. The first kappa shape index (κ1) is 15.9. The molecule has 0 bridgehead atoms. The topological polar surface area (TPSA) is 49.4 Å². The molecule has 1 aliphatic rings. The lowest BCUT2D eigenvalue weighted by Crippen LogP contribution is -2.42. The highest BCUT2D eigenvalue weighted by molar-refractivity contribution is 9.10. The van der Waals surface area contributed by atoms with Gasteiger partial charge >= 0.3 is 0 Å². The van der Waals surface area contributed by atoms with Crippen LogP contribution in [0.3, 0.4) is 0 Å². The van der Waals surface area contributed by atoms with E-state index in [0.717, 1.165) is 24.9 Å². The van der Waals surface area contributed by atoms with Crippen molar-refractivity contribution >= 4 is 26.0 Å². The predicted octanol–water partition coefficient (Wildman–Crippen LogP) is 2.38. The molecule has 1 aromatic carbocycles. The van der Waals surface area contributed by atoms with Gasteiger partial charge in [0.2, 0.25) is 10.0 Å². The molecule has 6 heteroatoms. The van der Waals surface area contributed by atoms with Gasteiger partial charge < -0.3 is 5.32 Å². The molecule has 1 saturated heterocycles. The normalized spacial score (nSPS) is 21.1. The first-order valence-corrected chi connectivity index (χ1v) is 9.09. The van der Waals surface area contributed by atoms with Crippen LogP contribution in [0.5, 0.6) is 0 Å². The van der Waals surface area contributed by atoms with Crippen LogP contribution in [-0.2, 0) is 10.0 Å². The Labute approximate surface area is 129 Å². The fourth-order valence-corrected chi connectivity index (χ4v) is 5.36. The predicted molar refractivity (Wildman–Crippen MR) is 84.3 cm³/mol. The monoisotopic (exact) mass is 360 g/mol. The summed E-state index contributed by atoms with van der Waals surface area (Å²) in [5.41, 5.74) is 1.04. The van der Waals surface area contributed by atoms with Crippen molar-refractivity contribution in [1.82, 2.24) is 9.62 Å². The second kappa shape index (κ2) is 6.56. The zero-order valence-electron chi connectivity index (χ0n) is 11.9. The fourth-order valence-electron chi connectivity index (χ4n) is 2.65. The highest BCUT2D eigenvalue weighted by Gasteiger charge is 2.31. The van der Waals surface area contributed by atoms with E-state index in [-0.39, 0.29) is 0 Å². The molecule has 2 rings (SSSR count). The van der Waals surface area contributed by atoms with Crippen LogP contribution in [-0.4, -0.2) is 39.4 Å². The van der Waals surface area contributed by atoms with Gasteiger partial charge in [0.1, 0.15) is 0 Å². The molecular weight excluding hydrogens is 340 g/mol. The van der Waals surface area contributed by atoms with Crippen LogP contribution in [0.15, 0.2) is 27.6 Å². The van der Waals surface area contributed by atoms with Gasteiger partial charge in [-0.15, -0.1) is 0 Å². The van der Waals surface area contributed by atoms with Gasteiger partial charge in [-0.2, -0.15) is 4.31 Å². The third-order valence-corrected chi connectivity index (χ3v) is 6.52. The van der Waals surface area contributed by atoms with E-state index in [2.05, 4.69) is 21.2 Å². The second-order valence-electron chi connectivity index (χ2n) is 5.36. The quantitative estimate of drug-likeness (QED) is 0.896. The first-order chi connectivity index (χ1) is 9.45. The lowest BCUT2D eigenvalue weighted by atomic mass is 10.00. The van der Waals surface area contributed by atoms with Crippen molar-refractivity contribution in [2.45, 2.75) is 24.7 Å². The van der Waals surface area contributed by atoms with E-state index in [0.29, 0.717) is 28.4 Å². The van der Waals surface area contributed by atoms with Crippen LogP contribution in [0.4, 0.5) is 0 Å². The number of rotatable bonds is 4. The van der Waals surface area contributed by atoms with Gasteiger partial charge in [0.15, 0.2) is 0 Å². The third-order valence-electron chi connectivity index (χ3n) is 3.68. The minimum absolute atomic E-state index is 0.369. The van der Waals surface area contributed by atoms with Crippen LogP contribution >= 0.6 is 15.9 Å². The zero-order valence-corrected chi connectivity index (χ0v) is 14.3. The summed E-state index contributed by atoms with van der Waals surface area (Å²) in [6.45, 7) is 4.03. The third kappa shape index (κ3) is 3.42. The van der Waals surface area contributed by atoms with Crippen LogP contribution in [0.25, 0.3) is 0 Å². The summed E-state index contributed by atoms with van der Waals surface area (Å²) < 4.78 is 27.8. The molecule has 20 heavy (non-hydrogen) atoms. The molecule has 1 unspecified atom stereocenters. The number of benzene rings is 1. The highest BCUT2D eigenvalue weighted by atomic mass is 79.9. The summed E-state index contributed by atoms with van der Waals surface area (Å²) in [5.74, 6) is 0.396. The maximum atomic E-state index is 12.7. The minimum Gasteiger partial charge on any atom is -0.319 e. The van der Waals surface area contributed by atoms with E-state index in [4.69, 9.17) is 0 Å². The lowest BCUT2D eigenvalue weighted by molar-refractivity contribution is 0.263. The van der Waals surface area contributed by atoms with E-state index in [1.807, 2.05) is 26.1 Å². The summed E-state index contributed by atoms with van der Waals surface area (Å²) in [4.78, 5) is 0.369. The molecule has 0 aliphatic carbocycles. The molecule has 1 heterocycles. The molecular formula is C14H21BrN2O2S. The van der Waals surface area contributed by atoms with Crippen LogP contribution in [0, 0.1) is 12.8 Å². The smallest absolute Gasteiger partial charge is 0.244 e. The molecule has 1 fully saturated rings. The van der Waals surface area contributed by atoms with Gasteiger partial charge in [0.25, 0.3) is 0 Å². The van der Waals surface area contributed by atoms with Crippen LogP contribution in [0.1, 0.15) is 18.4 Å². The molecule has 1 aliphatic heterocycles. The van der Waals surface area contributed by atoms with Crippen LogP contribution < -0.4 is 5.32 Å². The van der Waals surface area contributed by atoms with Gasteiger partial charge in [-0.1, -0.05) is 6.07 Å². The molecule has 1 aromatic rings. The van der Waals surface area contributed by atoms with E-state index in [1.165, 1.54) is 0 Å². The molecule has 112 valence electrons. The minimum atomic E-state index is -3.40. The molecule has 1 N–H and O–H groups in total. The standard InChI is InChI=1S/C14H21BrN2O2S/c1-11-5-6-14(13(15)8-11)20(18,19)17-7-3-4-12(10-17)9-16-2/h5-6,8,12,16H,3-4,7,9-10H2,1-2H3. The maximum Gasteiger partial charge on any atom is 0.244 e. The van der Waals surface area contributed by atoms with Crippen molar-refractivity contribution in [3.63, 3.8) is 0 Å². The Kier molecular flexibility index (Phi) is 5.23. The van der Waals surface area contributed by atoms with Crippen molar-refractivity contribution in [3.05, 3.63) is 28.2 Å². The molecule has 0 amide bonds. The van der Waals surface area contributed by atoms with Gasteiger partial charge in [0.05, 0.1) is 4.90 Å². The number of nitrogens with zero attached hydrogens (tertiary/aromatic N) is 1. The van der Waals surface area contributed by atoms with E-state index in [9.17, 15) is 8.42 Å².